The average molecular weight is 802 g/mol. The van der Waals surface area contributed by atoms with Crippen LogP contribution in [0.4, 0.5) is 4.79 Å². The minimum Gasteiger partial charge on any atom is -0.489 e. The smallest absolute Gasteiger partial charge is 0.410 e. The van der Waals surface area contributed by atoms with Crippen LogP contribution in [0.15, 0.2) is 164 Å². The summed E-state index contributed by atoms with van der Waals surface area (Å²) in [4.78, 5) is 25.6. The molecule has 0 bridgehead atoms. The van der Waals surface area contributed by atoms with Gasteiger partial charge in [0.2, 0.25) is 5.47 Å². The molecule has 0 fully saturated rings. The number of aliphatic hydroxyl groups excluding tert-OH is 1. The number of nitrogens with one attached hydrogen (secondary N) is 1. The number of hydrogen-bond donors (Lipinski definition) is 3. The van der Waals surface area contributed by atoms with Gasteiger partial charge in [-0.25, -0.2) is 4.79 Å². The third kappa shape index (κ3) is 12.3. The van der Waals surface area contributed by atoms with Crippen molar-refractivity contribution in [2.45, 2.75) is 51.2 Å². The molecule has 6 aromatic rings. The summed E-state index contributed by atoms with van der Waals surface area (Å²) in [5, 5.41) is 12.6. The van der Waals surface area contributed by atoms with Gasteiger partial charge in [0.05, 0.1) is 6.61 Å². The number of aryl methyl sites for hydroxylation is 1. The predicted octanol–water partition coefficient (Wildman–Crippen LogP) is 10.0. The topological polar surface area (TPSA) is 133 Å². The minimum atomic E-state index is -4.45. The summed E-state index contributed by atoms with van der Waals surface area (Å²) in [6, 6.07) is 50.5. The van der Waals surface area contributed by atoms with Gasteiger partial charge in [-0.2, -0.15) is 0 Å². The Morgan fingerprint density at radius 1 is 0.586 bits per heavy atom. The van der Waals surface area contributed by atoms with Gasteiger partial charge < -0.3 is 33.7 Å². The Morgan fingerprint density at radius 2 is 1.09 bits per heavy atom. The zero-order valence-electron chi connectivity index (χ0n) is 32.2. The molecule has 11 heteroatoms. The van der Waals surface area contributed by atoms with E-state index in [-0.39, 0.29) is 45.2 Å². The SMILES string of the molecule is O=C(NC(CCCO)(OCc1ccc(OCc2ccccc2)cc1)P(=O)(O)CCc1ccccc1Oc1ccccc1)OCc1ccc(OCc2ccccc2)cc1. The lowest BCUT2D eigenvalue weighted by atomic mass is 10.1. The molecular formula is C47H48NO9P. The molecule has 0 saturated heterocycles. The molecule has 0 heterocycles. The van der Waals surface area contributed by atoms with Gasteiger partial charge in [-0.1, -0.05) is 121 Å². The van der Waals surface area contributed by atoms with Gasteiger partial charge in [0, 0.05) is 19.2 Å². The van der Waals surface area contributed by atoms with Gasteiger partial charge in [0.1, 0.15) is 42.8 Å². The van der Waals surface area contributed by atoms with Crippen molar-refractivity contribution in [1.82, 2.24) is 5.32 Å². The van der Waals surface area contributed by atoms with E-state index in [1.165, 1.54) is 0 Å². The fourth-order valence-electron chi connectivity index (χ4n) is 6.12. The summed E-state index contributed by atoms with van der Waals surface area (Å²) in [7, 11) is -4.45. The standard InChI is InChI=1S/C47H48NO9P/c49-31-12-30-47(56-36-40-23-27-43(28-24-40)54-34-38-15-6-2-7-16-38,58(51,52)32-29-41-17-10-11-20-45(41)57-44-18-8-3-9-19-44)48-46(50)55-35-39-21-25-42(26-22-39)53-33-37-13-4-1-5-14-37/h1-11,13-28,49H,12,29-36H2,(H,48,50)(H,51,52). The maximum absolute atomic E-state index is 14.7. The first-order valence-electron chi connectivity index (χ1n) is 19.1. The van der Waals surface area contributed by atoms with E-state index in [1.54, 1.807) is 54.6 Å². The highest BCUT2D eigenvalue weighted by Gasteiger charge is 2.50. The van der Waals surface area contributed by atoms with Crippen molar-refractivity contribution in [2.24, 2.45) is 0 Å². The molecule has 2 unspecified atom stereocenters. The fraction of sp³-hybridized carbons (Fsp3) is 0.213. The Labute approximate surface area is 339 Å². The molecule has 300 valence electrons. The van der Waals surface area contributed by atoms with Crippen LogP contribution in [-0.2, 0) is 46.9 Å². The minimum absolute atomic E-state index is 0.0647. The van der Waals surface area contributed by atoms with E-state index in [4.69, 9.17) is 23.7 Å². The largest absolute Gasteiger partial charge is 0.489 e. The van der Waals surface area contributed by atoms with E-state index < -0.39 is 18.9 Å². The number of ether oxygens (including phenoxy) is 5. The normalized spacial score (nSPS) is 13.1. The molecule has 6 aromatic carbocycles. The van der Waals surface area contributed by atoms with Crippen LogP contribution in [0.25, 0.3) is 0 Å². The van der Waals surface area contributed by atoms with E-state index in [0.29, 0.717) is 52.9 Å². The zero-order valence-corrected chi connectivity index (χ0v) is 33.0. The number of carbonyl (C=O) groups excluding carboxylic acids is 1. The average Bonchev–Trinajstić information content (AvgIpc) is 3.26. The first-order valence-corrected chi connectivity index (χ1v) is 21.0. The van der Waals surface area contributed by atoms with Gasteiger partial charge in [-0.05, 0) is 83.1 Å². The number of hydrogen-bond acceptors (Lipinski definition) is 8. The Kier molecular flexibility index (Phi) is 15.1. The first kappa shape index (κ1) is 41.7. The number of rotatable bonds is 21. The third-order valence-corrected chi connectivity index (χ3v) is 11.8. The Bertz CT molecular complexity index is 2190. The van der Waals surface area contributed by atoms with Gasteiger partial charge in [0.25, 0.3) is 7.37 Å². The number of aliphatic hydroxyl groups is 1. The molecule has 10 nitrogen and oxygen atoms in total. The summed E-state index contributed by atoms with van der Waals surface area (Å²) in [5.41, 5.74) is 2.00. The molecule has 0 saturated carbocycles. The summed E-state index contributed by atoms with van der Waals surface area (Å²) < 4.78 is 44.6. The predicted molar refractivity (Wildman–Crippen MR) is 223 cm³/mol. The van der Waals surface area contributed by atoms with Gasteiger partial charge in [0.15, 0.2) is 0 Å². The summed E-state index contributed by atoms with van der Waals surface area (Å²) in [5.74, 6) is 2.45. The first-order chi connectivity index (χ1) is 28.3. The molecule has 58 heavy (non-hydrogen) atoms. The molecule has 0 spiro atoms. The van der Waals surface area contributed by atoms with Crippen molar-refractivity contribution >= 4 is 13.5 Å². The molecule has 0 aliphatic heterocycles. The maximum Gasteiger partial charge on any atom is 0.410 e. The van der Waals surface area contributed by atoms with Crippen LogP contribution < -0.4 is 19.5 Å². The lowest BCUT2D eigenvalue weighted by Gasteiger charge is -2.38. The maximum atomic E-state index is 14.7. The van der Waals surface area contributed by atoms with Crippen molar-refractivity contribution < 1.29 is 43.0 Å². The highest BCUT2D eigenvalue weighted by Crippen LogP contribution is 2.57. The van der Waals surface area contributed by atoms with Crippen LogP contribution in [0.2, 0.25) is 0 Å². The number of alkyl carbamates (subject to hydrolysis) is 1. The fourth-order valence-corrected chi connectivity index (χ4v) is 8.07. The van der Waals surface area contributed by atoms with Crippen LogP contribution in [0.3, 0.4) is 0 Å². The lowest BCUT2D eigenvalue weighted by molar-refractivity contribution is -0.0351. The highest BCUT2D eigenvalue weighted by molar-refractivity contribution is 7.59. The quantitative estimate of drug-likeness (QED) is 0.0481. The molecule has 0 aliphatic carbocycles. The van der Waals surface area contributed by atoms with E-state index in [2.05, 4.69) is 5.32 Å². The van der Waals surface area contributed by atoms with E-state index in [9.17, 15) is 19.4 Å². The zero-order chi connectivity index (χ0) is 40.5. The molecule has 3 N–H and O–H groups in total. The van der Waals surface area contributed by atoms with Crippen molar-refractivity contribution in [1.29, 1.82) is 0 Å². The number of carbonyl (C=O) groups is 1. The molecule has 1 amide bonds. The Morgan fingerprint density at radius 3 is 1.66 bits per heavy atom. The third-order valence-electron chi connectivity index (χ3n) is 9.35. The second-order valence-corrected chi connectivity index (χ2v) is 16.2. The summed E-state index contributed by atoms with van der Waals surface area (Å²) in [6.07, 6.45) is -1.20. The second-order valence-electron chi connectivity index (χ2n) is 13.6. The van der Waals surface area contributed by atoms with E-state index >= 15 is 0 Å². The molecule has 0 radical (unpaired) electrons. The number of para-hydroxylation sites is 2. The van der Waals surface area contributed by atoms with Crippen molar-refractivity contribution in [3.05, 3.63) is 192 Å². The van der Waals surface area contributed by atoms with Crippen LogP contribution in [0, 0.1) is 0 Å². The van der Waals surface area contributed by atoms with Crippen LogP contribution >= 0.6 is 7.37 Å². The van der Waals surface area contributed by atoms with Crippen LogP contribution in [-0.4, -0.2) is 34.3 Å². The van der Waals surface area contributed by atoms with Crippen molar-refractivity contribution in [3.63, 3.8) is 0 Å². The van der Waals surface area contributed by atoms with Gasteiger partial charge >= 0.3 is 6.09 Å². The van der Waals surface area contributed by atoms with E-state index in [1.807, 2.05) is 109 Å². The molecule has 2 atom stereocenters. The van der Waals surface area contributed by atoms with Gasteiger partial charge in [-0.3, -0.25) is 9.88 Å². The van der Waals surface area contributed by atoms with Crippen LogP contribution in [0.1, 0.15) is 40.7 Å². The van der Waals surface area contributed by atoms with Crippen molar-refractivity contribution in [2.75, 3.05) is 12.8 Å². The second kappa shape index (κ2) is 21.0. The monoisotopic (exact) mass is 801 g/mol. The Hall–Kier alpha value is -5.90. The summed E-state index contributed by atoms with van der Waals surface area (Å²) in [6.45, 7) is 0.251. The van der Waals surface area contributed by atoms with Crippen molar-refractivity contribution in [3.8, 4) is 23.0 Å². The highest BCUT2D eigenvalue weighted by atomic mass is 31.2. The lowest BCUT2D eigenvalue weighted by Crippen LogP contribution is -2.51. The molecule has 6 rings (SSSR count). The molecule has 0 aliphatic rings. The Balaban J connectivity index is 1.17. The van der Waals surface area contributed by atoms with Crippen LogP contribution in [0.5, 0.6) is 23.0 Å². The number of amides is 1. The molecular weight excluding hydrogens is 753 g/mol. The summed E-state index contributed by atoms with van der Waals surface area (Å²) >= 11 is 0. The van der Waals surface area contributed by atoms with Gasteiger partial charge in [-0.15, -0.1) is 0 Å². The van der Waals surface area contributed by atoms with E-state index in [0.717, 1.165) is 11.1 Å². The molecule has 0 aromatic heterocycles. The number of benzene rings is 6.